The fourth-order valence-corrected chi connectivity index (χ4v) is 5.23. The SMILES string of the molecule is CC(C)(C)[Si](C)(C)OC[C@@H]1OC(n2ccc(=O)[nH]c2=O)C[C@H]1O[Si](C)(C)C(C)(C)C. The molecule has 1 aromatic heterocycles. The van der Waals surface area contributed by atoms with Gasteiger partial charge in [-0.15, -0.1) is 0 Å². The highest BCUT2D eigenvalue weighted by molar-refractivity contribution is 6.74. The largest absolute Gasteiger partial charge is 0.414 e. The Bertz CT molecular complexity index is 848. The van der Waals surface area contributed by atoms with Crippen LogP contribution in [0, 0.1) is 0 Å². The van der Waals surface area contributed by atoms with Crippen molar-refractivity contribution in [3.63, 3.8) is 0 Å². The molecule has 30 heavy (non-hydrogen) atoms. The Kier molecular flexibility index (Phi) is 7.15. The summed E-state index contributed by atoms with van der Waals surface area (Å²) >= 11 is 0. The van der Waals surface area contributed by atoms with Gasteiger partial charge in [-0.05, 0) is 36.3 Å². The molecule has 9 heteroatoms. The molecule has 1 aliphatic rings. The van der Waals surface area contributed by atoms with E-state index in [2.05, 4.69) is 72.7 Å². The van der Waals surface area contributed by atoms with E-state index in [1.807, 2.05) is 0 Å². The van der Waals surface area contributed by atoms with Crippen molar-refractivity contribution in [2.24, 2.45) is 0 Å². The smallest absolute Gasteiger partial charge is 0.330 e. The molecule has 1 aromatic rings. The van der Waals surface area contributed by atoms with Crippen molar-refractivity contribution in [2.45, 2.75) is 103 Å². The predicted molar refractivity (Wildman–Crippen MR) is 125 cm³/mol. The van der Waals surface area contributed by atoms with Crippen molar-refractivity contribution in [2.75, 3.05) is 6.61 Å². The Morgan fingerprint density at radius 2 is 1.63 bits per heavy atom. The van der Waals surface area contributed by atoms with E-state index in [0.29, 0.717) is 13.0 Å². The monoisotopic (exact) mass is 456 g/mol. The van der Waals surface area contributed by atoms with Crippen LogP contribution in [0.15, 0.2) is 21.9 Å². The minimum Gasteiger partial charge on any atom is -0.414 e. The summed E-state index contributed by atoms with van der Waals surface area (Å²) in [6.07, 6.45) is 1.12. The number of nitrogens with one attached hydrogen (secondary N) is 1. The van der Waals surface area contributed by atoms with Crippen molar-refractivity contribution >= 4 is 16.6 Å². The molecule has 2 rings (SSSR count). The molecular formula is C21H40N2O5Si2. The van der Waals surface area contributed by atoms with Gasteiger partial charge in [-0.1, -0.05) is 41.5 Å². The van der Waals surface area contributed by atoms with E-state index < -0.39 is 34.1 Å². The number of rotatable bonds is 6. The molecule has 0 amide bonds. The quantitative estimate of drug-likeness (QED) is 0.648. The Balaban J connectivity index is 2.28. The average molecular weight is 457 g/mol. The number of H-pyrrole nitrogens is 1. The van der Waals surface area contributed by atoms with Gasteiger partial charge in [0.15, 0.2) is 16.6 Å². The van der Waals surface area contributed by atoms with Gasteiger partial charge >= 0.3 is 5.69 Å². The van der Waals surface area contributed by atoms with E-state index in [-0.39, 0.29) is 22.3 Å². The molecule has 7 nitrogen and oxygen atoms in total. The normalized spacial score (nSPS) is 23.7. The fraction of sp³-hybridized carbons (Fsp3) is 0.810. The summed E-state index contributed by atoms with van der Waals surface area (Å²) < 4.78 is 20.9. The topological polar surface area (TPSA) is 82.5 Å². The van der Waals surface area contributed by atoms with Crippen LogP contribution in [-0.2, 0) is 13.6 Å². The van der Waals surface area contributed by atoms with Gasteiger partial charge in [-0.25, -0.2) is 4.79 Å². The number of hydrogen-bond donors (Lipinski definition) is 1. The number of nitrogens with zero attached hydrogens (tertiary/aromatic N) is 1. The third kappa shape index (κ3) is 5.61. The van der Waals surface area contributed by atoms with Crippen molar-refractivity contribution in [3.8, 4) is 0 Å². The summed E-state index contributed by atoms with van der Waals surface area (Å²) in [4.78, 5) is 26.1. The third-order valence-electron chi connectivity index (χ3n) is 7.01. The molecule has 0 spiro atoms. The maximum absolute atomic E-state index is 12.3. The van der Waals surface area contributed by atoms with Gasteiger partial charge in [0.1, 0.15) is 12.3 Å². The van der Waals surface area contributed by atoms with E-state index in [4.69, 9.17) is 13.6 Å². The van der Waals surface area contributed by atoms with Gasteiger partial charge in [0, 0.05) is 18.7 Å². The maximum Gasteiger partial charge on any atom is 0.330 e. The lowest BCUT2D eigenvalue weighted by molar-refractivity contribution is -0.0412. The summed E-state index contributed by atoms with van der Waals surface area (Å²) in [7, 11) is -4.00. The first-order chi connectivity index (χ1) is 13.4. The van der Waals surface area contributed by atoms with E-state index in [1.165, 1.54) is 16.8 Å². The Labute approximate surface area is 182 Å². The van der Waals surface area contributed by atoms with Crippen LogP contribution in [0.25, 0.3) is 0 Å². The van der Waals surface area contributed by atoms with Gasteiger partial charge in [0.25, 0.3) is 5.56 Å². The first kappa shape index (κ1) is 25.3. The van der Waals surface area contributed by atoms with Crippen LogP contribution in [0.3, 0.4) is 0 Å². The molecule has 172 valence electrons. The van der Waals surface area contributed by atoms with Crippen LogP contribution >= 0.6 is 0 Å². The van der Waals surface area contributed by atoms with E-state index in [0.717, 1.165) is 0 Å². The molecule has 0 aliphatic carbocycles. The molecule has 3 atom stereocenters. The van der Waals surface area contributed by atoms with Crippen LogP contribution in [0.4, 0.5) is 0 Å². The summed E-state index contributed by atoms with van der Waals surface area (Å²) in [5.41, 5.74) is -0.884. The van der Waals surface area contributed by atoms with Crippen LogP contribution in [0.2, 0.25) is 36.3 Å². The molecule has 1 aliphatic heterocycles. The highest BCUT2D eigenvalue weighted by Gasteiger charge is 2.46. The molecule has 0 saturated carbocycles. The first-order valence-corrected chi connectivity index (χ1v) is 16.5. The highest BCUT2D eigenvalue weighted by atomic mass is 28.4. The van der Waals surface area contributed by atoms with Gasteiger partial charge in [0.05, 0.1) is 12.7 Å². The molecule has 1 saturated heterocycles. The molecule has 1 fully saturated rings. The molecule has 0 bridgehead atoms. The van der Waals surface area contributed by atoms with Crippen molar-refractivity contribution < 1.29 is 13.6 Å². The molecule has 1 N–H and O–H groups in total. The second-order valence-electron chi connectivity index (χ2n) is 11.4. The maximum atomic E-state index is 12.3. The molecule has 0 radical (unpaired) electrons. The standard InChI is InChI=1S/C21H40N2O5Si2/c1-20(2,3)29(7,8)26-14-16-15(28-30(9,10)21(4,5)6)13-18(27-16)23-12-11-17(24)22-19(23)25/h11-12,15-16,18H,13-14H2,1-10H3,(H,22,24,25)/t15-,16+,18?/m1/s1. The molecule has 0 aromatic carbocycles. The lowest BCUT2D eigenvalue weighted by atomic mass is 10.2. The molecular weight excluding hydrogens is 416 g/mol. The van der Waals surface area contributed by atoms with E-state index in [9.17, 15) is 9.59 Å². The van der Waals surface area contributed by atoms with E-state index in [1.54, 1.807) is 0 Å². The zero-order chi connectivity index (χ0) is 23.1. The van der Waals surface area contributed by atoms with Crippen LogP contribution in [0.5, 0.6) is 0 Å². The van der Waals surface area contributed by atoms with E-state index >= 15 is 0 Å². The third-order valence-corrected chi connectivity index (χ3v) is 16.0. The summed E-state index contributed by atoms with van der Waals surface area (Å²) in [6, 6.07) is 1.34. The summed E-state index contributed by atoms with van der Waals surface area (Å²) in [5, 5.41) is 0.154. The zero-order valence-electron chi connectivity index (χ0n) is 20.3. The first-order valence-electron chi connectivity index (χ1n) is 10.7. The lowest BCUT2D eigenvalue weighted by Crippen LogP contribution is -2.48. The van der Waals surface area contributed by atoms with Crippen molar-refractivity contribution in [1.29, 1.82) is 0 Å². The number of aromatic nitrogens is 2. The Hall–Kier alpha value is -1.01. The Morgan fingerprint density at radius 3 is 2.13 bits per heavy atom. The van der Waals surface area contributed by atoms with Gasteiger partial charge < -0.3 is 13.6 Å². The minimum atomic E-state index is -2.05. The molecule has 2 heterocycles. The summed E-state index contributed by atoms with van der Waals surface area (Å²) in [6.45, 7) is 22.6. The van der Waals surface area contributed by atoms with Crippen LogP contribution < -0.4 is 11.2 Å². The number of aromatic amines is 1. The zero-order valence-corrected chi connectivity index (χ0v) is 22.3. The minimum absolute atomic E-state index is 0.0603. The second kappa shape index (κ2) is 8.50. The van der Waals surface area contributed by atoms with Crippen molar-refractivity contribution in [3.05, 3.63) is 33.1 Å². The molecule has 1 unspecified atom stereocenters. The predicted octanol–water partition coefficient (Wildman–Crippen LogP) is 4.24. The van der Waals surface area contributed by atoms with Gasteiger partial charge in [-0.2, -0.15) is 0 Å². The van der Waals surface area contributed by atoms with Gasteiger partial charge in [0.2, 0.25) is 0 Å². The number of ether oxygens (including phenoxy) is 1. The average Bonchev–Trinajstić information content (AvgIpc) is 2.92. The summed E-state index contributed by atoms with van der Waals surface area (Å²) in [5.74, 6) is 0. The van der Waals surface area contributed by atoms with Crippen LogP contribution in [0.1, 0.15) is 54.2 Å². The Morgan fingerprint density at radius 1 is 1.07 bits per heavy atom. The highest BCUT2D eigenvalue weighted by Crippen LogP contribution is 2.42. The fourth-order valence-electron chi connectivity index (χ4n) is 2.86. The van der Waals surface area contributed by atoms with Crippen LogP contribution in [-0.4, -0.2) is 45.0 Å². The lowest BCUT2D eigenvalue weighted by Gasteiger charge is -2.40. The van der Waals surface area contributed by atoms with Gasteiger partial charge in [-0.3, -0.25) is 14.3 Å². The second-order valence-corrected chi connectivity index (χ2v) is 20.9. The van der Waals surface area contributed by atoms with Crippen molar-refractivity contribution in [1.82, 2.24) is 9.55 Å². The number of hydrogen-bond acceptors (Lipinski definition) is 5.